The van der Waals surface area contributed by atoms with Crippen molar-refractivity contribution < 1.29 is 24.3 Å². The summed E-state index contributed by atoms with van der Waals surface area (Å²) in [7, 11) is 1.49. The summed E-state index contributed by atoms with van der Waals surface area (Å²) in [5.41, 5.74) is 7.73. The second kappa shape index (κ2) is 10.7. The Labute approximate surface area is 172 Å². The molecule has 11 nitrogen and oxygen atoms in total. The normalized spacial score (nSPS) is 11.3. The second-order valence-corrected chi connectivity index (χ2v) is 6.42. The smallest absolute Gasteiger partial charge is 0.294 e. The van der Waals surface area contributed by atoms with Gasteiger partial charge in [0.15, 0.2) is 0 Å². The lowest BCUT2D eigenvalue weighted by atomic mass is 10.0. The highest BCUT2D eigenvalue weighted by atomic mass is 16.9. The highest BCUT2D eigenvalue weighted by Crippen LogP contribution is 2.31. The van der Waals surface area contributed by atoms with Gasteiger partial charge < -0.3 is 25.9 Å². The van der Waals surface area contributed by atoms with Gasteiger partial charge in [0.1, 0.15) is 12.4 Å². The van der Waals surface area contributed by atoms with Gasteiger partial charge in [-0.2, -0.15) is 0 Å². The minimum atomic E-state index is -0.928. The van der Waals surface area contributed by atoms with E-state index in [9.17, 15) is 19.7 Å². The lowest BCUT2D eigenvalue weighted by Gasteiger charge is -2.13. The number of rotatable bonds is 10. The van der Waals surface area contributed by atoms with Gasteiger partial charge in [0, 0.05) is 37.0 Å². The molecule has 0 fully saturated rings. The number of pyridine rings is 1. The summed E-state index contributed by atoms with van der Waals surface area (Å²) in [5.74, 6) is -0.219. The van der Waals surface area contributed by atoms with E-state index < -0.39 is 11.0 Å². The molecule has 2 aromatic rings. The third-order valence-corrected chi connectivity index (χ3v) is 3.90. The van der Waals surface area contributed by atoms with Gasteiger partial charge in [-0.05, 0) is 30.7 Å². The average Bonchev–Trinajstić information content (AvgIpc) is 2.70. The van der Waals surface area contributed by atoms with Crippen LogP contribution >= 0.6 is 0 Å². The molecule has 1 unspecified atom stereocenters. The Kier molecular flexibility index (Phi) is 8.06. The Morgan fingerprint density at radius 3 is 2.70 bits per heavy atom. The molecule has 0 bridgehead atoms. The number of amides is 2. The second-order valence-electron chi connectivity index (χ2n) is 6.42. The van der Waals surface area contributed by atoms with E-state index in [2.05, 4.69) is 20.5 Å². The number of nitrogens with zero attached hydrogens (tertiary/aromatic N) is 2. The molecule has 1 atom stereocenters. The number of carbonyl (C=O) groups is 2. The van der Waals surface area contributed by atoms with Crippen molar-refractivity contribution in [2.75, 3.05) is 25.6 Å². The van der Waals surface area contributed by atoms with Gasteiger partial charge in [0.05, 0.1) is 18.4 Å². The topological polar surface area (TPSA) is 159 Å². The molecule has 1 heterocycles. The molecule has 0 radical (unpaired) electrons. The summed E-state index contributed by atoms with van der Waals surface area (Å²) in [6, 6.07) is 6.50. The molecule has 2 rings (SSSR count). The quantitative estimate of drug-likeness (QED) is 0.297. The van der Waals surface area contributed by atoms with E-state index in [-0.39, 0.29) is 37.1 Å². The van der Waals surface area contributed by atoms with E-state index in [1.54, 1.807) is 37.4 Å². The van der Waals surface area contributed by atoms with Crippen LogP contribution in [-0.2, 0) is 9.63 Å². The lowest BCUT2D eigenvalue weighted by Crippen LogP contribution is -2.28. The lowest BCUT2D eigenvalue weighted by molar-refractivity contribution is -0.757. The molecule has 160 valence electrons. The molecular formula is C19H23N5O6. The monoisotopic (exact) mass is 417 g/mol. The zero-order valence-corrected chi connectivity index (χ0v) is 16.6. The summed E-state index contributed by atoms with van der Waals surface area (Å²) in [6.07, 6.45) is 3.11. The Morgan fingerprint density at radius 2 is 2.03 bits per heavy atom. The van der Waals surface area contributed by atoms with Crippen molar-refractivity contribution in [3.05, 3.63) is 52.3 Å². The molecule has 0 aliphatic carbocycles. The number of benzene rings is 1. The fourth-order valence-electron chi connectivity index (χ4n) is 2.59. The molecule has 0 saturated carbocycles. The van der Waals surface area contributed by atoms with Crippen LogP contribution in [0.25, 0.3) is 11.1 Å². The fourth-order valence-corrected chi connectivity index (χ4v) is 2.59. The molecule has 2 amide bonds. The van der Waals surface area contributed by atoms with Crippen molar-refractivity contribution in [1.82, 2.24) is 10.3 Å². The van der Waals surface area contributed by atoms with Gasteiger partial charge in [0.2, 0.25) is 5.91 Å². The van der Waals surface area contributed by atoms with Gasteiger partial charge in [-0.15, -0.1) is 10.1 Å². The summed E-state index contributed by atoms with van der Waals surface area (Å²) in [6.45, 7) is 1.45. The summed E-state index contributed by atoms with van der Waals surface area (Å²) < 4.78 is 5.29. The number of nitrogens with one attached hydrogen (secondary N) is 2. The first-order chi connectivity index (χ1) is 14.3. The maximum absolute atomic E-state index is 12.2. The van der Waals surface area contributed by atoms with E-state index in [1.807, 2.05) is 0 Å². The molecule has 1 aromatic heterocycles. The third-order valence-electron chi connectivity index (χ3n) is 3.90. The maximum Gasteiger partial charge on any atom is 0.294 e. The molecule has 11 heteroatoms. The molecule has 0 spiro atoms. The molecule has 1 aromatic carbocycles. The van der Waals surface area contributed by atoms with Gasteiger partial charge in [0.25, 0.3) is 11.0 Å². The van der Waals surface area contributed by atoms with E-state index in [0.717, 1.165) is 0 Å². The predicted molar refractivity (Wildman–Crippen MR) is 108 cm³/mol. The van der Waals surface area contributed by atoms with Crippen molar-refractivity contribution >= 4 is 17.5 Å². The molecule has 4 N–H and O–H groups in total. The van der Waals surface area contributed by atoms with Crippen molar-refractivity contribution in [1.29, 1.82) is 0 Å². The molecular weight excluding hydrogens is 394 g/mol. The maximum atomic E-state index is 12.2. The number of carbonyl (C=O) groups excluding carboxylic acids is 2. The van der Waals surface area contributed by atoms with Crippen molar-refractivity contribution in [3.8, 4) is 16.9 Å². The van der Waals surface area contributed by atoms with Crippen LogP contribution in [0.2, 0.25) is 0 Å². The van der Waals surface area contributed by atoms with E-state index in [0.29, 0.717) is 22.6 Å². The Morgan fingerprint density at radius 1 is 1.27 bits per heavy atom. The Bertz CT molecular complexity index is 918. The minimum Gasteiger partial charge on any atom is -0.495 e. The number of ether oxygens (including phenoxy) is 1. The van der Waals surface area contributed by atoms with Gasteiger partial charge in [-0.25, -0.2) is 0 Å². The first-order valence-corrected chi connectivity index (χ1v) is 9.04. The number of anilines is 1. The Hall–Kier alpha value is -3.73. The Balaban J connectivity index is 2.17. The van der Waals surface area contributed by atoms with Crippen LogP contribution in [0.3, 0.4) is 0 Å². The number of hydrogen-bond donors (Lipinski definition) is 3. The molecule has 0 aliphatic rings. The zero-order chi connectivity index (χ0) is 22.1. The number of hydrogen-bond acceptors (Lipinski definition) is 8. The molecule has 30 heavy (non-hydrogen) atoms. The molecule has 0 aliphatic heterocycles. The van der Waals surface area contributed by atoms with Crippen LogP contribution < -0.4 is 21.1 Å². The van der Waals surface area contributed by atoms with Crippen molar-refractivity contribution in [2.24, 2.45) is 5.73 Å². The van der Waals surface area contributed by atoms with E-state index in [1.165, 1.54) is 13.3 Å². The van der Waals surface area contributed by atoms with Crippen LogP contribution in [0.15, 0.2) is 36.7 Å². The third kappa shape index (κ3) is 6.71. The number of methoxy groups -OCH3 is 1. The van der Waals surface area contributed by atoms with Crippen LogP contribution in [0.5, 0.6) is 5.75 Å². The highest BCUT2D eigenvalue weighted by molar-refractivity contribution is 5.96. The largest absolute Gasteiger partial charge is 0.495 e. The van der Waals surface area contributed by atoms with Crippen LogP contribution in [0, 0.1) is 10.1 Å². The van der Waals surface area contributed by atoms with Crippen LogP contribution in [-0.4, -0.2) is 48.2 Å². The minimum absolute atomic E-state index is 0.0255. The van der Waals surface area contributed by atoms with E-state index in [4.69, 9.17) is 10.5 Å². The van der Waals surface area contributed by atoms with Crippen LogP contribution in [0.4, 0.5) is 5.69 Å². The van der Waals surface area contributed by atoms with Gasteiger partial charge >= 0.3 is 0 Å². The number of aromatic nitrogens is 1. The highest BCUT2D eigenvalue weighted by Gasteiger charge is 2.13. The summed E-state index contributed by atoms with van der Waals surface area (Å²) >= 11 is 0. The number of nitrogens with two attached hydrogens (primary N) is 1. The molecule has 0 saturated heterocycles. The summed E-state index contributed by atoms with van der Waals surface area (Å²) in [5, 5.41) is 14.5. The summed E-state index contributed by atoms with van der Waals surface area (Å²) in [4.78, 5) is 42.7. The van der Waals surface area contributed by atoms with Gasteiger partial charge in [-0.1, -0.05) is 6.07 Å². The van der Waals surface area contributed by atoms with Crippen molar-refractivity contribution in [3.63, 3.8) is 0 Å². The van der Waals surface area contributed by atoms with Gasteiger partial charge in [-0.3, -0.25) is 14.6 Å². The average molecular weight is 417 g/mol. The fraction of sp³-hybridized carbons (Fsp3) is 0.316. The standard InChI is InChI=1S/C19H23N5O6/c1-12(20)7-18(25)23-16-9-13(3-4-17(16)29-2)14-8-15(11-21-10-14)19(26)22-5-6-30-24(27)28/h3-4,8-12H,5-7,20H2,1-2H3,(H,22,26)(H,23,25). The van der Waals surface area contributed by atoms with Crippen LogP contribution in [0.1, 0.15) is 23.7 Å². The van der Waals surface area contributed by atoms with E-state index >= 15 is 0 Å². The zero-order valence-electron chi connectivity index (χ0n) is 16.6. The predicted octanol–water partition coefficient (Wildman–Crippen LogP) is 1.37. The SMILES string of the molecule is COc1ccc(-c2cncc(C(=O)NCCO[N+](=O)[O-])c2)cc1NC(=O)CC(C)N. The van der Waals surface area contributed by atoms with Crippen molar-refractivity contribution in [2.45, 2.75) is 19.4 Å². The first-order valence-electron chi connectivity index (χ1n) is 9.04. The first kappa shape index (κ1) is 22.6.